The molecule has 1 fully saturated rings. The summed E-state index contributed by atoms with van der Waals surface area (Å²) in [5.74, 6) is 0.953. The number of hydrogen-bond acceptors (Lipinski definition) is 4. The Bertz CT molecular complexity index is 674. The molecule has 1 aromatic heterocycles. The summed E-state index contributed by atoms with van der Waals surface area (Å²) in [5, 5.41) is 2.94. The summed E-state index contributed by atoms with van der Waals surface area (Å²) < 4.78 is 0. The first kappa shape index (κ1) is 17.4. The third-order valence-electron chi connectivity index (χ3n) is 4.64. The molecule has 0 radical (unpaired) electrons. The van der Waals surface area contributed by atoms with Gasteiger partial charge in [0, 0.05) is 37.9 Å². The number of hydrogen-bond donors (Lipinski definition) is 2. The molecule has 5 heteroatoms. The van der Waals surface area contributed by atoms with Gasteiger partial charge in [0.25, 0.3) is 5.91 Å². The number of amides is 1. The van der Waals surface area contributed by atoms with E-state index in [1.165, 1.54) is 25.7 Å². The quantitative estimate of drug-likeness (QED) is 0.879. The van der Waals surface area contributed by atoms with Crippen molar-refractivity contribution in [3.05, 3.63) is 59.3 Å². The Labute approximate surface area is 149 Å². The molecule has 0 saturated carbocycles. The van der Waals surface area contributed by atoms with Crippen LogP contribution in [-0.4, -0.2) is 24.0 Å². The maximum Gasteiger partial charge on any atom is 0.251 e. The molecule has 0 spiro atoms. The van der Waals surface area contributed by atoms with Crippen molar-refractivity contribution in [3.8, 4) is 0 Å². The van der Waals surface area contributed by atoms with Gasteiger partial charge in [-0.2, -0.15) is 0 Å². The van der Waals surface area contributed by atoms with Gasteiger partial charge >= 0.3 is 0 Å². The molecule has 1 aliphatic rings. The Morgan fingerprint density at radius 2 is 1.68 bits per heavy atom. The number of carbonyl (C=O) groups excluding carboxylic acids is 1. The van der Waals surface area contributed by atoms with Gasteiger partial charge in [-0.1, -0.05) is 31.0 Å². The molecular formula is C20H26N4O. The van der Waals surface area contributed by atoms with Crippen LogP contribution in [0.3, 0.4) is 0 Å². The van der Waals surface area contributed by atoms with Crippen LogP contribution < -0.4 is 16.0 Å². The normalized spacial score (nSPS) is 14.8. The van der Waals surface area contributed by atoms with E-state index in [1.807, 2.05) is 24.4 Å². The largest absolute Gasteiger partial charge is 0.357 e. The second kappa shape index (κ2) is 8.62. The fourth-order valence-electron chi connectivity index (χ4n) is 3.08. The van der Waals surface area contributed by atoms with Gasteiger partial charge in [0.05, 0.1) is 0 Å². The lowest BCUT2D eigenvalue weighted by atomic mass is 10.1. The van der Waals surface area contributed by atoms with E-state index in [0.717, 1.165) is 30.0 Å². The van der Waals surface area contributed by atoms with Crippen LogP contribution >= 0.6 is 0 Å². The molecule has 0 unspecified atom stereocenters. The molecule has 3 rings (SSSR count). The lowest BCUT2D eigenvalue weighted by Gasteiger charge is -2.21. The molecule has 0 aliphatic carbocycles. The van der Waals surface area contributed by atoms with Crippen molar-refractivity contribution in [1.29, 1.82) is 0 Å². The van der Waals surface area contributed by atoms with Crippen LogP contribution in [0.5, 0.6) is 0 Å². The maximum absolute atomic E-state index is 12.2. The van der Waals surface area contributed by atoms with Crippen molar-refractivity contribution in [2.24, 2.45) is 5.73 Å². The second-order valence-corrected chi connectivity index (χ2v) is 6.51. The minimum atomic E-state index is -0.0832. The molecule has 5 nitrogen and oxygen atoms in total. The minimum Gasteiger partial charge on any atom is -0.357 e. The molecule has 132 valence electrons. The van der Waals surface area contributed by atoms with E-state index in [0.29, 0.717) is 18.7 Å². The summed E-state index contributed by atoms with van der Waals surface area (Å²) in [4.78, 5) is 19.1. The third kappa shape index (κ3) is 4.79. The number of nitrogens with two attached hydrogens (primary N) is 1. The summed E-state index contributed by atoms with van der Waals surface area (Å²) in [6, 6.07) is 11.5. The zero-order chi connectivity index (χ0) is 17.5. The van der Waals surface area contributed by atoms with Gasteiger partial charge in [-0.3, -0.25) is 4.79 Å². The first-order chi connectivity index (χ1) is 12.3. The van der Waals surface area contributed by atoms with Gasteiger partial charge in [0.2, 0.25) is 0 Å². The second-order valence-electron chi connectivity index (χ2n) is 6.51. The van der Waals surface area contributed by atoms with Gasteiger partial charge in [-0.15, -0.1) is 0 Å². The van der Waals surface area contributed by atoms with E-state index in [2.05, 4.69) is 21.3 Å². The van der Waals surface area contributed by atoms with Crippen molar-refractivity contribution in [1.82, 2.24) is 10.3 Å². The SMILES string of the molecule is NCc1ccc(C(=O)NCc2ccc(N3CCCCCC3)nc2)cc1. The Hall–Kier alpha value is -2.40. The number of nitrogens with one attached hydrogen (secondary N) is 1. The van der Waals surface area contributed by atoms with Crippen LogP contribution in [0.2, 0.25) is 0 Å². The van der Waals surface area contributed by atoms with Gasteiger partial charge in [-0.05, 0) is 42.2 Å². The van der Waals surface area contributed by atoms with E-state index < -0.39 is 0 Å². The number of nitrogens with zero attached hydrogens (tertiary/aromatic N) is 2. The van der Waals surface area contributed by atoms with E-state index in [9.17, 15) is 4.79 Å². The van der Waals surface area contributed by atoms with E-state index in [1.54, 1.807) is 12.1 Å². The van der Waals surface area contributed by atoms with Crippen LogP contribution in [0.15, 0.2) is 42.6 Å². The van der Waals surface area contributed by atoms with E-state index in [4.69, 9.17) is 5.73 Å². The zero-order valence-electron chi connectivity index (χ0n) is 14.6. The highest BCUT2D eigenvalue weighted by molar-refractivity contribution is 5.94. The van der Waals surface area contributed by atoms with Crippen molar-refractivity contribution in [3.63, 3.8) is 0 Å². The Kier molecular flexibility index (Phi) is 6.01. The van der Waals surface area contributed by atoms with E-state index in [-0.39, 0.29) is 5.91 Å². The molecule has 2 aromatic rings. The average molecular weight is 338 g/mol. The molecule has 0 bridgehead atoms. The van der Waals surface area contributed by atoms with Gasteiger partial charge in [0.15, 0.2) is 0 Å². The number of rotatable bonds is 5. The predicted molar refractivity (Wildman–Crippen MR) is 100 cm³/mol. The topological polar surface area (TPSA) is 71.2 Å². The summed E-state index contributed by atoms with van der Waals surface area (Å²) in [6.07, 6.45) is 6.96. The molecule has 1 saturated heterocycles. The molecule has 25 heavy (non-hydrogen) atoms. The summed E-state index contributed by atoms with van der Waals surface area (Å²) in [7, 11) is 0. The zero-order valence-corrected chi connectivity index (χ0v) is 14.6. The Morgan fingerprint density at radius 1 is 1.00 bits per heavy atom. The van der Waals surface area contributed by atoms with Crippen molar-refractivity contribution in [2.45, 2.75) is 38.8 Å². The lowest BCUT2D eigenvalue weighted by molar-refractivity contribution is 0.0951. The fourth-order valence-corrected chi connectivity index (χ4v) is 3.08. The molecule has 1 aliphatic heterocycles. The highest BCUT2D eigenvalue weighted by Gasteiger charge is 2.11. The Balaban J connectivity index is 1.54. The number of carbonyl (C=O) groups is 1. The Morgan fingerprint density at radius 3 is 2.28 bits per heavy atom. The number of benzene rings is 1. The van der Waals surface area contributed by atoms with Crippen LogP contribution in [0.25, 0.3) is 0 Å². The number of aromatic nitrogens is 1. The van der Waals surface area contributed by atoms with Crippen molar-refractivity contribution >= 4 is 11.7 Å². The molecule has 1 aromatic carbocycles. The fraction of sp³-hybridized carbons (Fsp3) is 0.400. The van der Waals surface area contributed by atoms with Gasteiger partial charge in [-0.25, -0.2) is 4.98 Å². The third-order valence-corrected chi connectivity index (χ3v) is 4.64. The van der Waals surface area contributed by atoms with Crippen molar-refractivity contribution < 1.29 is 4.79 Å². The first-order valence-electron chi connectivity index (χ1n) is 9.03. The number of anilines is 1. The molecule has 0 atom stereocenters. The molecule has 3 N–H and O–H groups in total. The van der Waals surface area contributed by atoms with E-state index >= 15 is 0 Å². The van der Waals surface area contributed by atoms with Crippen molar-refractivity contribution in [2.75, 3.05) is 18.0 Å². The van der Waals surface area contributed by atoms with Crippen LogP contribution in [0, 0.1) is 0 Å². The maximum atomic E-state index is 12.2. The minimum absolute atomic E-state index is 0.0832. The van der Waals surface area contributed by atoms with Gasteiger partial charge < -0.3 is 16.0 Å². The molecular weight excluding hydrogens is 312 g/mol. The standard InChI is InChI=1S/C20H26N4O/c21-13-16-5-8-18(9-6-16)20(25)23-15-17-7-10-19(22-14-17)24-11-3-1-2-4-12-24/h5-10,14H,1-4,11-13,15,21H2,(H,23,25). The summed E-state index contributed by atoms with van der Waals surface area (Å²) in [5.41, 5.74) is 8.24. The highest BCUT2D eigenvalue weighted by Crippen LogP contribution is 2.17. The van der Waals surface area contributed by atoms with Crippen LogP contribution in [0.1, 0.15) is 47.2 Å². The molecule has 2 heterocycles. The average Bonchev–Trinajstić information content (AvgIpc) is 2.96. The molecule has 1 amide bonds. The predicted octanol–water partition coefficient (Wildman–Crippen LogP) is 2.85. The van der Waals surface area contributed by atoms with Crippen LogP contribution in [0.4, 0.5) is 5.82 Å². The van der Waals surface area contributed by atoms with Crippen LogP contribution in [-0.2, 0) is 13.1 Å². The first-order valence-corrected chi connectivity index (χ1v) is 9.03. The summed E-state index contributed by atoms with van der Waals surface area (Å²) in [6.45, 7) is 3.13. The summed E-state index contributed by atoms with van der Waals surface area (Å²) >= 11 is 0. The highest BCUT2D eigenvalue weighted by atomic mass is 16.1. The lowest BCUT2D eigenvalue weighted by Crippen LogP contribution is -2.25. The smallest absolute Gasteiger partial charge is 0.251 e. The van der Waals surface area contributed by atoms with Gasteiger partial charge in [0.1, 0.15) is 5.82 Å². The monoisotopic (exact) mass is 338 g/mol. The number of pyridine rings is 1.